The van der Waals surface area contributed by atoms with E-state index in [1.807, 2.05) is 36.4 Å². The molecule has 0 atom stereocenters. The van der Waals surface area contributed by atoms with Crippen molar-refractivity contribution in [2.75, 3.05) is 5.32 Å². The quantitative estimate of drug-likeness (QED) is 0.443. The molecular formula is C19H16ClNO3. The molecule has 0 aliphatic carbocycles. The zero-order valence-corrected chi connectivity index (χ0v) is 13.5. The van der Waals surface area contributed by atoms with Gasteiger partial charge in [-0.05, 0) is 54.1 Å². The van der Waals surface area contributed by atoms with Crippen molar-refractivity contribution >= 4 is 17.3 Å². The van der Waals surface area contributed by atoms with Crippen LogP contribution in [0, 0.1) is 0 Å². The Morgan fingerprint density at radius 3 is 2.42 bits per heavy atom. The molecule has 3 aromatic rings. The third-order valence-corrected chi connectivity index (χ3v) is 3.66. The number of ether oxygens (including phenoxy) is 1. The highest BCUT2D eigenvalue weighted by atomic mass is 35.5. The van der Waals surface area contributed by atoms with Crippen LogP contribution < -0.4 is 10.1 Å². The molecule has 5 heteroatoms. The van der Waals surface area contributed by atoms with E-state index in [0.29, 0.717) is 28.8 Å². The summed E-state index contributed by atoms with van der Waals surface area (Å²) in [6.07, 6.45) is 0. The monoisotopic (exact) mass is 341 g/mol. The molecule has 0 radical (unpaired) electrons. The van der Waals surface area contributed by atoms with Gasteiger partial charge < -0.3 is 20.3 Å². The highest BCUT2D eigenvalue weighted by molar-refractivity contribution is 6.30. The molecule has 122 valence electrons. The highest BCUT2D eigenvalue weighted by Gasteiger charge is 2.03. The Morgan fingerprint density at radius 2 is 1.67 bits per heavy atom. The van der Waals surface area contributed by atoms with Crippen LogP contribution in [0.3, 0.4) is 0 Å². The average Bonchev–Trinajstić information content (AvgIpc) is 2.57. The number of aromatic hydroxyl groups is 2. The molecule has 0 spiro atoms. The molecule has 0 amide bonds. The lowest BCUT2D eigenvalue weighted by molar-refractivity contribution is 0.452. The predicted molar refractivity (Wildman–Crippen MR) is 95.1 cm³/mol. The summed E-state index contributed by atoms with van der Waals surface area (Å²) < 4.78 is 5.80. The minimum absolute atomic E-state index is 0.00330. The second-order valence-corrected chi connectivity index (χ2v) is 5.69. The number of phenolic OH excluding ortho intramolecular Hbond substituents is 2. The van der Waals surface area contributed by atoms with Gasteiger partial charge in [-0.2, -0.15) is 0 Å². The van der Waals surface area contributed by atoms with E-state index >= 15 is 0 Å². The maximum atomic E-state index is 9.78. The van der Waals surface area contributed by atoms with Crippen LogP contribution in [0.4, 0.5) is 5.69 Å². The first-order chi connectivity index (χ1) is 11.6. The van der Waals surface area contributed by atoms with Crippen molar-refractivity contribution < 1.29 is 14.9 Å². The second kappa shape index (κ2) is 7.15. The van der Waals surface area contributed by atoms with Crippen molar-refractivity contribution in [3.8, 4) is 23.0 Å². The first kappa shape index (κ1) is 16.0. The molecule has 24 heavy (non-hydrogen) atoms. The minimum Gasteiger partial charge on any atom is -0.508 e. The third-order valence-electron chi connectivity index (χ3n) is 3.41. The summed E-state index contributed by atoms with van der Waals surface area (Å²) >= 11 is 5.86. The molecule has 3 N–H and O–H groups in total. The van der Waals surface area contributed by atoms with Crippen LogP contribution in [-0.4, -0.2) is 10.2 Å². The van der Waals surface area contributed by atoms with Gasteiger partial charge in [0.25, 0.3) is 0 Å². The van der Waals surface area contributed by atoms with Crippen LogP contribution >= 0.6 is 11.6 Å². The average molecular weight is 342 g/mol. The molecule has 0 saturated carbocycles. The Bertz CT molecular complexity index is 834. The molecule has 3 rings (SSSR count). The largest absolute Gasteiger partial charge is 0.508 e. The number of hydrogen-bond acceptors (Lipinski definition) is 4. The summed E-state index contributed by atoms with van der Waals surface area (Å²) in [5.74, 6) is 1.45. The van der Waals surface area contributed by atoms with Gasteiger partial charge in [-0.1, -0.05) is 23.7 Å². The van der Waals surface area contributed by atoms with Crippen LogP contribution in [0.15, 0.2) is 66.7 Å². The van der Waals surface area contributed by atoms with Crippen LogP contribution in [0.1, 0.15) is 5.56 Å². The lowest BCUT2D eigenvalue weighted by Gasteiger charge is -2.11. The Labute approximate surface area is 144 Å². The minimum atomic E-state index is 0.00330. The summed E-state index contributed by atoms with van der Waals surface area (Å²) in [4.78, 5) is 0. The van der Waals surface area contributed by atoms with Crippen molar-refractivity contribution in [1.29, 1.82) is 0 Å². The summed E-state index contributed by atoms with van der Waals surface area (Å²) in [6, 6.07) is 19.2. The van der Waals surface area contributed by atoms with Crippen molar-refractivity contribution in [3.63, 3.8) is 0 Å². The first-order valence-electron chi connectivity index (χ1n) is 7.38. The van der Waals surface area contributed by atoms with Gasteiger partial charge in [-0.3, -0.25) is 0 Å². The van der Waals surface area contributed by atoms with E-state index in [4.69, 9.17) is 16.3 Å². The van der Waals surface area contributed by atoms with Crippen molar-refractivity contribution in [2.45, 2.75) is 6.54 Å². The maximum absolute atomic E-state index is 9.78. The van der Waals surface area contributed by atoms with Gasteiger partial charge in [0.15, 0.2) is 0 Å². The molecule has 0 aliphatic heterocycles. The van der Waals surface area contributed by atoms with Crippen molar-refractivity contribution in [2.24, 2.45) is 0 Å². The maximum Gasteiger partial charge on any atom is 0.142 e. The summed E-state index contributed by atoms with van der Waals surface area (Å²) in [6.45, 7) is 0.510. The topological polar surface area (TPSA) is 61.7 Å². The van der Waals surface area contributed by atoms with Crippen molar-refractivity contribution in [1.82, 2.24) is 0 Å². The normalized spacial score (nSPS) is 10.4. The second-order valence-electron chi connectivity index (χ2n) is 5.26. The van der Waals surface area contributed by atoms with Gasteiger partial charge in [0.2, 0.25) is 0 Å². The van der Waals surface area contributed by atoms with Crippen LogP contribution in [0.25, 0.3) is 0 Å². The van der Waals surface area contributed by atoms with Gasteiger partial charge >= 0.3 is 0 Å². The third kappa shape index (κ3) is 4.12. The Kier molecular flexibility index (Phi) is 4.77. The summed E-state index contributed by atoms with van der Waals surface area (Å²) in [5.41, 5.74) is 1.55. The van der Waals surface area contributed by atoms with E-state index in [-0.39, 0.29) is 11.5 Å². The van der Waals surface area contributed by atoms with E-state index in [2.05, 4.69) is 5.32 Å². The SMILES string of the molecule is Oc1ccc(NCc2cccc(Oc3ccc(Cl)cc3)c2)c(O)c1. The van der Waals surface area contributed by atoms with E-state index in [0.717, 1.165) is 5.56 Å². The van der Waals surface area contributed by atoms with E-state index in [1.54, 1.807) is 18.2 Å². The van der Waals surface area contributed by atoms with E-state index in [9.17, 15) is 10.2 Å². The van der Waals surface area contributed by atoms with Crippen molar-refractivity contribution in [3.05, 3.63) is 77.3 Å². The fourth-order valence-corrected chi connectivity index (χ4v) is 2.35. The molecule has 0 heterocycles. The summed E-state index contributed by atoms with van der Waals surface area (Å²) in [7, 11) is 0. The van der Waals surface area contributed by atoms with Gasteiger partial charge in [0.05, 0.1) is 5.69 Å². The number of rotatable bonds is 5. The van der Waals surface area contributed by atoms with Gasteiger partial charge in [-0.15, -0.1) is 0 Å². The Morgan fingerprint density at radius 1 is 0.875 bits per heavy atom. The highest BCUT2D eigenvalue weighted by Crippen LogP contribution is 2.28. The molecule has 3 aromatic carbocycles. The van der Waals surface area contributed by atoms with Gasteiger partial charge in [0, 0.05) is 17.6 Å². The molecule has 0 fully saturated rings. The van der Waals surface area contributed by atoms with Crippen LogP contribution in [-0.2, 0) is 6.54 Å². The fourth-order valence-electron chi connectivity index (χ4n) is 2.22. The van der Waals surface area contributed by atoms with Gasteiger partial charge in [0.1, 0.15) is 23.0 Å². The predicted octanol–water partition coefficient (Wildman–Crippen LogP) is 5.16. The molecule has 4 nitrogen and oxygen atoms in total. The summed E-state index contributed by atoms with van der Waals surface area (Å²) in [5, 5.41) is 22.9. The zero-order valence-electron chi connectivity index (χ0n) is 12.7. The molecule has 0 unspecified atom stereocenters. The number of benzene rings is 3. The molecule has 0 saturated heterocycles. The number of phenols is 2. The lowest BCUT2D eigenvalue weighted by Crippen LogP contribution is -1.99. The molecule has 0 bridgehead atoms. The smallest absolute Gasteiger partial charge is 0.142 e. The number of anilines is 1. The lowest BCUT2D eigenvalue weighted by atomic mass is 10.2. The Hall–Kier alpha value is -2.85. The van der Waals surface area contributed by atoms with E-state index in [1.165, 1.54) is 12.1 Å². The number of halogens is 1. The standard InChI is InChI=1S/C19H16ClNO3/c20-14-4-7-16(8-5-14)24-17-3-1-2-13(10-17)12-21-18-9-6-15(22)11-19(18)23/h1-11,21-23H,12H2. The molecular weight excluding hydrogens is 326 g/mol. The molecule has 0 aliphatic rings. The number of hydrogen-bond donors (Lipinski definition) is 3. The van der Waals surface area contributed by atoms with Gasteiger partial charge in [-0.25, -0.2) is 0 Å². The zero-order chi connectivity index (χ0) is 16.9. The molecule has 0 aromatic heterocycles. The fraction of sp³-hybridized carbons (Fsp3) is 0.0526. The van der Waals surface area contributed by atoms with Crippen LogP contribution in [0.5, 0.6) is 23.0 Å². The number of nitrogens with one attached hydrogen (secondary N) is 1. The van der Waals surface area contributed by atoms with Crippen LogP contribution in [0.2, 0.25) is 5.02 Å². The first-order valence-corrected chi connectivity index (χ1v) is 7.76. The van der Waals surface area contributed by atoms with E-state index < -0.39 is 0 Å². The Balaban J connectivity index is 1.67.